The molecule has 8 rings (SSSR count). The van der Waals surface area contributed by atoms with Crippen molar-refractivity contribution in [1.29, 1.82) is 0 Å². The molecule has 0 radical (unpaired) electrons. The molecular weight excluding hydrogens is 833 g/mol. The van der Waals surface area contributed by atoms with Crippen LogP contribution in [0.3, 0.4) is 0 Å². The summed E-state index contributed by atoms with van der Waals surface area (Å²) in [7, 11) is 0. The van der Waals surface area contributed by atoms with E-state index in [4.69, 9.17) is 0 Å². The summed E-state index contributed by atoms with van der Waals surface area (Å²) >= 11 is 1.57. The quantitative estimate of drug-likeness (QED) is 0.0917. The van der Waals surface area contributed by atoms with Crippen LogP contribution in [0.15, 0.2) is 65.8 Å². The van der Waals surface area contributed by atoms with Crippen molar-refractivity contribution in [2.24, 2.45) is 5.92 Å². The van der Waals surface area contributed by atoms with Crippen molar-refractivity contribution in [3.05, 3.63) is 83.3 Å². The third kappa shape index (κ3) is 11.0. The van der Waals surface area contributed by atoms with Crippen molar-refractivity contribution >= 4 is 59.1 Å². The largest absolute Gasteiger partial charge is 0.355 e. The molecule has 6 amide bonds. The van der Waals surface area contributed by atoms with E-state index in [-0.39, 0.29) is 30.6 Å². The number of piperazine rings is 1. The first-order chi connectivity index (χ1) is 31.2. The Labute approximate surface area is 378 Å². The lowest BCUT2D eigenvalue weighted by Crippen LogP contribution is -2.54. The molecule has 64 heavy (non-hydrogen) atoms. The van der Waals surface area contributed by atoms with Gasteiger partial charge in [-0.3, -0.25) is 48.9 Å². The summed E-state index contributed by atoms with van der Waals surface area (Å²) < 4.78 is 0. The van der Waals surface area contributed by atoms with Crippen molar-refractivity contribution in [1.82, 2.24) is 45.4 Å². The van der Waals surface area contributed by atoms with Gasteiger partial charge < -0.3 is 20.0 Å². The van der Waals surface area contributed by atoms with Crippen molar-refractivity contribution in [3.8, 4) is 0 Å². The van der Waals surface area contributed by atoms with Crippen LogP contribution in [0.5, 0.6) is 0 Å². The van der Waals surface area contributed by atoms with Crippen LogP contribution in [0.1, 0.15) is 101 Å². The fourth-order valence-electron chi connectivity index (χ4n) is 9.56. The van der Waals surface area contributed by atoms with E-state index >= 15 is 0 Å². The predicted molar refractivity (Wildman–Crippen MR) is 242 cm³/mol. The molecular formula is C47H58N10O6S. The van der Waals surface area contributed by atoms with Gasteiger partial charge in [0.15, 0.2) is 11.5 Å². The van der Waals surface area contributed by atoms with Crippen LogP contribution in [0.25, 0.3) is 6.08 Å². The topological polar surface area (TPSA) is 181 Å². The zero-order chi connectivity index (χ0) is 44.4. The molecule has 0 aliphatic carbocycles. The monoisotopic (exact) mass is 890 g/mol. The van der Waals surface area contributed by atoms with Crippen molar-refractivity contribution in [2.75, 3.05) is 76.1 Å². The number of hydrogen-bond acceptors (Lipinski definition) is 13. The molecule has 1 atom stereocenters. The number of thioether (sulfide) groups is 1. The molecule has 7 heterocycles. The number of unbranched alkanes of at least 4 members (excludes halogenated alkanes) is 1. The van der Waals surface area contributed by atoms with E-state index < -0.39 is 23.8 Å². The van der Waals surface area contributed by atoms with Gasteiger partial charge in [-0.1, -0.05) is 25.0 Å². The smallest absolute Gasteiger partial charge is 0.274 e. The van der Waals surface area contributed by atoms with Gasteiger partial charge in [0.2, 0.25) is 17.7 Å². The lowest BCUT2D eigenvalue weighted by atomic mass is 9.91. The van der Waals surface area contributed by atoms with Crippen molar-refractivity contribution in [3.63, 3.8) is 0 Å². The second-order valence-corrected chi connectivity index (χ2v) is 18.5. The van der Waals surface area contributed by atoms with Gasteiger partial charge in [0, 0.05) is 94.7 Å². The van der Waals surface area contributed by atoms with Gasteiger partial charge in [0.1, 0.15) is 6.04 Å². The average Bonchev–Trinajstić information content (AvgIpc) is 3.58. The summed E-state index contributed by atoms with van der Waals surface area (Å²) in [4.78, 5) is 91.3. The molecule has 0 saturated carbocycles. The number of likely N-dealkylation sites (tertiary alicyclic amines) is 1. The fraction of sp³-hybridized carbons (Fsp3) is 0.511. The van der Waals surface area contributed by atoms with Crippen LogP contribution in [-0.4, -0.2) is 154 Å². The number of fused-ring (bicyclic) bond motifs is 1. The van der Waals surface area contributed by atoms with E-state index in [9.17, 15) is 28.8 Å². The minimum Gasteiger partial charge on any atom is -0.355 e. The number of nitrogens with one attached hydrogen (secondary N) is 2. The highest BCUT2D eigenvalue weighted by atomic mass is 32.2. The van der Waals surface area contributed by atoms with Crippen LogP contribution in [-0.2, 0) is 14.4 Å². The number of piperidine rings is 3. The number of pyridine rings is 1. The third-order valence-electron chi connectivity index (χ3n) is 13.2. The van der Waals surface area contributed by atoms with Crippen molar-refractivity contribution < 1.29 is 28.8 Å². The summed E-state index contributed by atoms with van der Waals surface area (Å²) in [6.07, 6.45) is 15.0. The fourth-order valence-corrected chi connectivity index (χ4v) is 10.6. The van der Waals surface area contributed by atoms with Gasteiger partial charge in [0.05, 0.1) is 11.1 Å². The van der Waals surface area contributed by atoms with E-state index in [2.05, 4.69) is 40.5 Å². The highest BCUT2D eigenvalue weighted by Crippen LogP contribution is 2.35. The number of hydrogen-bond donors (Lipinski definition) is 2. The number of rotatable bonds is 16. The highest BCUT2D eigenvalue weighted by Gasteiger charge is 2.45. The second-order valence-electron chi connectivity index (χ2n) is 17.3. The summed E-state index contributed by atoms with van der Waals surface area (Å²) in [6, 6.07) is 12.4. The van der Waals surface area contributed by atoms with Gasteiger partial charge in [-0.05, 0) is 105 Å². The Morgan fingerprint density at radius 3 is 2.38 bits per heavy atom. The first-order valence-electron chi connectivity index (χ1n) is 22.9. The van der Waals surface area contributed by atoms with E-state index in [0.717, 1.165) is 137 Å². The Kier molecular flexibility index (Phi) is 15.1. The highest BCUT2D eigenvalue weighted by molar-refractivity contribution is 7.99. The molecule has 4 saturated heterocycles. The Bertz CT molecular complexity index is 2180. The molecule has 1 unspecified atom stereocenters. The molecule has 0 spiro atoms. The molecule has 2 N–H and O–H groups in total. The summed E-state index contributed by atoms with van der Waals surface area (Å²) in [5.41, 5.74) is 1.97. The lowest BCUT2D eigenvalue weighted by molar-refractivity contribution is -0.136. The lowest BCUT2D eigenvalue weighted by Gasteiger charge is -2.43. The van der Waals surface area contributed by atoms with Gasteiger partial charge in [0.25, 0.3) is 17.7 Å². The predicted octanol–water partition coefficient (Wildman–Crippen LogP) is 3.89. The molecule has 4 fully saturated rings. The summed E-state index contributed by atoms with van der Waals surface area (Å²) in [6.45, 7) is 8.91. The number of aromatic nitrogens is 3. The molecule has 16 nitrogen and oxygen atoms in total. The van der Waals surface area contributed by atoms with E-state index in [0.29, 0.717) is 35.3 Å². The number of anilines is 1. The summed E-state index contributed by atoms with van der Waals surface area (Å²) in [5, 5.41) is 14.1. The van der Waals surface area contributed by atoms with E-state index in [1.807, 2.05) is 35.2 Å². The number of carbonyl (C=O) groups excluding carboxylic acids is 6. The van der Waals surface area contributed by atoms with Crippen LogP contribution in [0.2, 0.25) is 0 Å². The molecule has 5 aliphatic rings. The maximum atomic E-state index is 13.4. The minimum absolute atomic E-state index is 0.0511. The number of benzene rings is 1. The van der Waals surface area contributed by atoms with E-state index in [1.54, 1.807) is 48.4 Å². The average molecular weight is 891 g/mol. The molecule has 17 heteroatoms. The molecule has 1 aromatic carbocycles. The molecule has 2 aromatic heterocycles. The van der Waals surface area contributed by atoms with E-state index in [1.165, 1.54) is 0 Å². The molecule has 3 aromatic rings. The van der Waals surface area contributed by atoms with Crippen LogP contribution in [0, 0.1) is 5.92 Å². The Balaban J connectivity index is 0.688. The zero-order valence-corrected chi connectivity index (χ0v) is 37.2. The maximum Gasteiger partial charge on any atom is 0.274 e. The SMILES string of the molecule is O=C(/C=C/c1cccnc1)NCCCCC1CCN(C(=O)c2ccc(N3CCC(N4CCN(CCCSc5cccc6c5C(=O)N(C5CCC(=O)NC5=O)C6=O)CC4)CC3)nn2)CC1. The standard InChI is InChI=1S/C47H58N10O6S/c58-41(14-10-34-7-4-20-48-32-34)49-21-2-1-6-33-16-23-56(24-17-33)46(62)37-11-13-40(52-51-37)55-25-18-35(19-26-55)54-29-27-53(28-30-54)22-5-31-64-39-9-3-8-36-43(39)47(63)57(45(36)61)38-12-15-42(59)50-44(38)60/h3-4,7-11,13-14,20,32-33,35,38H,1-2,5-6,12,15-19,21-31H2,(H,49,58)(H,50,59,60)/b14-10+. The van der Waals surface area contributed by atoms with Crippen LogP contribution < -0.4 is 15.5 Å². The third-order valence-corrected chi connectivity index (χ3v) is 14.4. The normalized spacial score (nSPS) is 20.6. The Hall–Kier alpha value is -5.52. The van der Waals surface area contributed by atoms with Crippen molar-refractivity contribution in [2.45, 2.75) is 81.2 Å². The Morgan fingerprint density at radius 2 is 1.64 bits per heavy atom. The number of nitrogens with zero attached hydrogens (tertiary/aromatic N) is 8. The zero-order valence-electron chi connectivity index (χ0n) is 36.4. The Morgan fingerprint density at radius 1 is 0.828 bits per heavy atom. The minimum atomic E-state index is -0.968. The second kappa shape index (κ2) is 21.4. The first-order valence-corrected chi connectivity index (χ1v) is 23.9. The van der Waals surface area contributed by atoms with Gasteiger partial charge in [-0.2, -0.15) is 0 Å². The van der Waals surface area contributed by atoms with Crippen LogP contribution >= 0.6 is 11.8 Å². The number of imide groups is 2. The molecule has 5 aliphatic heterocycles. The molecule has 0 bridgehead atoms. The van der Waals surface area contributed by atoms with Gasteiger partial charge >= 0.3 is 0 Å². The number of amides is 6. The van der Waals surface area contributed by atoms with Crippen LogP contribution in [0.4, 0.5) is 5.82 Å². The first kappa shape index (κ1) is 45.1. The van der Waals surface area contributed by atoms with Gasteiger partial charge in [-0.15, -0.1) is 22.0 Å². The van der Waals surface area contributed by atoms with Gasteiger partial charge in [-0.25, -0.2) is 0 Å². The number of carbonyl (C=O) groups is 6. The summed E-state index contributed by atoms with van der Waals surface area (Å²) in [5.74, 6) is 0.124. The molecule has 338 valence electrons. The maximum absolute atomic E-state index is 13.4.